The average molecular weight is 263 g/mol. The molecule has 4 heteroatoms. The minimum atomic E-state index is -1.54. The minimum absolute atomic E-state index is 0.344. The smallest absolute Gasteiger partial charge is 0.186 e. The summed E-state index contributed by atoms with van der Waals surface area (Å²) in [6.07, 6.45) is 0.344. The van der Waals surface area contributed by atoms with Crippen molar-refractivity contribution in [1.29, 1.82) is 0 Å². The van der Waals surface area contributed by atoms with Crippen molar-refractivity contribution in [1.82, 2.24) is 0 Å². The summed E-state index contributed by atoms with van der Waals surface area (Å²) >= 11 is 0. The lowest BCUT2D eigenvalue weighted by Gasteiger charge is -2.33. The molecular weight excluding hydrogens is 232 g/mol. The fourth-order valence-corrected chi connectivity index (χ4v) is 13.2. The Bertz CT molecular complexity index is 201. The molecule has 0 aromatic carbocycles. The fraction of sp³-hybridized carbons (Fsp3) is 1.00. The number of rotatable bonds is 7. The third kappa shape index (κ3) is 8.50. The molecule has 0 unspecified atom stereocenters. The molecular formula is C12H30O2Si2. The van der Waals surface area contributed by atoms with E-state index in [1.165, 1.54) is 5.67 Å². The van der Waals surface area contributed by atoms with Crippen molar-refractivity contribution in [3.63, 3.8) is 0 Å². The van der Waals surface area contributed by atoms with Gasteiger partial charge in [-0.3, -0.25) is 0 Å². The Balaban J connectivity index is 4.22. The van der Waals surface area contributed by atoms with Crippen molar-refractivity contribution >= 4 is 16.6 Å². The maximum absolute atomic E-state index is 6.10. The highest BCUT2D eigenvalue weighted by Gasteiger charge is 2.35. The van der Waals surface area contributed by atoms with Gasteiger partial charge in [0.25, 0.3) is 0 Å². The van der Waals surface area contributed by atoms with Crippen molar-refractivity contribution in [3.8, 4) is 0 Å². The molecule has 0 aliphatic carbocycles. The van der Waals surface area contributed by atoms with E-state index in [1.807, 2.05) is 0 Å². The van der Waals surface area contributed by atoms with Crippen LogP contribution in [0.1, 0.15) is 27.7 Å². The molecule has 2 nitrogen and oxygen atoms in total. The van der Waals surface area contributed by atoms with Gasteiger partial charge in [-0.2, -0.15) is 0 Å². The van der Waals surface area contributed by atoms with Gasteiger partial charge in [0.15, 0.2) is 16.6 Å². The van der Waals surface area contributed by atoms with E-state index in [4.69, 9.17) is 8.85 Å². The fourth-order valence-electron chi connectivity index (χ4n) is 2.15. The van der Waals surface area contributed by atoms with Crippen LogP contribution in [0.15, 0.2) is 0 Å². The van der Waals surface area contributed by atoms with Crippen LogP contribution in [0.25, 0.3) is 0 Å². The second-order valence-electron chi connectivity index (χ2n) is 6.57. The maximum Gasteiger partial charge on any atom is 0.186 e. The molecule has 0 N–H and O–H groups in total. The Morgan fingerprint density at radius 1 is 0.875 bits per heavy atom. The first-order chi connectivity index (χ1) is 7.04. The third-order valence-electron chi connectivity index (χ3n) is 2.21. The summed E-state index contributed by atoms with van der Waals surface area (Å²) in [5.74, 6) is 0.627. The molecule has 0 aromatic heterocycles. The molecule has 0 saturated heterocycles. The van der Waals surface area contributed by atoms with Crippen LogP contribution in [0, 0.1) is 5.92 Å². The summed E-state index contributed by atoms with van der Waals surface area (Å²) in [4.78, 5) is 0. The quantitative estimate of drug-likeness (QED) is 0.645. The molecule has 0 heterocycles. The largest absolute Gasteiger partial charge is 0.417 e. The molecule has 0 radical (unpaired) electrons. The molecule has 16 heavy (non-hydrogen) atoms. The van der Waals surface area contributed by atoms with Gasteiger partial charge in [-0.1, -0.05) is 13.8 Å². The molecule has 0 amide bonds. The molecule has 0 spiro atoms. The summed E-state index contributed by atoms with van der Waals surface area (Å²) in [6, 6.07) is 0. The van der Waals surface area contributed by atoms with Crippen molar-refractivity contribution in [2.45, 2.75) is 65.7 Å². The van der Waals surface area contributed by atoms with Gasteiger partial charge in [0.1, 0.15) is 0 Å². The van der Waals surface area contributed by atoms with E-state index in [0.717, 1.165) is 6.61 Å². The first-order valence-corrected chi connectivity index (χ1v) is 12.6. The highest BCUT2D eigenvalue weighted by molar-refractivity contribution is 6.89. The van der Waals surface area contributed by atoms with Gasteiger partial charge in [-0.05, 0) is 51.6 Å². The Morgan fingerprint density at radius 3 is 1.75 bits per heavy atom. The number of hydrogen-bond acceptors (Lipinski definition) is 2. The van der Waals surface area contributed by atoms with Crippen LogP contribution in [0.4, 0.5) is 0 Å². The van der Waals surface area contributed by atoms with Crippen LogP contribution in [0.3, 0.4) is 0 Å². The van der Waals surface area contributed by atoms with Crippen molar-refractivity contribution < 1.29 is 8.85 Å². The number of hydrogen-bond donors (Lipinski definition) is 0. The molecule has 0 atom stereocenters. The van der Waals surface area contributed by atoms with Crippen molar-refractivity contribution in [2.24, 2.45) is 5.92 Å². The van der Waals surface area contributed by atoms with E-state index < -0.39 is 16.6 Å². The van der Waals surface area contributed by atoms with Crippen LogP contribution in [-0.2, 0) is 8.85 Å². The highest BCUT2D eigenvalue weighted by Crippen LogP contribution is 2.23. The molecule has 0 aliphatic heterocycles. The molecule has 0 rings (SSSR count). The van der Waals surface area contributed by atoms with E-state index in [1.54, 1.807) is 0 Å². The van der Waals surface area contributed by atoms with Crippen LogP contribution in [0.2, 0.25) is 31.9 Å². The van der Waals surface area contributed by atoms with E-state index in [0.29, 0.717) is 12.0 Å². The van der Waals surface area contributed by atoms with E-state index in [-0.39, 0.29) is 0 Å². The predicted molar refractivity (Wildman–Crippen MR) is 76.8 cm³/mol. The van der Waals surface area contributed by atoms with Crippen molar-refractivity contribution in [3.05, 3.63) is 0 Å². The van der Waals surface area contributed by atoms with E-state index in [2.05, 4.69) is 53.9 Å². The first kappa shape index (κ1) is 16.4. The summed E-state index contributed by atoms with van der Waals surface area (Å²) < 4.78 is 12.2. The summed E-state index contributed by atoms with van der Waals surface area (Å²) in [6.45, 7) is 18.8. The lowest BCUT2D eigenvalue weighted by Crippen LogP contribution is -2.45. The Hall–Kier alpha value is 0.354. The predicted octanol–water partition coefficient (Wildman–Crippen LogP) is 4.03. The minimum Gasteiger partial charge on any atom is -0.417 e. The third-order valence-corrected chi connectivity index (χ3v) is 11.1. The standard InChI is InChI=1S/C12H30O2Si2/c1-11(2)9-13-15(5,6)10-16(7,8)14-12(3)4/h11-12H,9-10H2,1-8H3. The molecule has 0 aromatic rings. The van der Waals surface area contributed by atoms with Gasteiger partial charge in [-0.15, -0.1) is 0 Å². The lowest BCUT2D eigenvalue weighted by molar-refractivity contribution is 0.229. The summed E-state index contributed by atoms with van der Waals surface area (Å²) in [5, 5.41) is 0. The highest BCUT2D eigenvalue weighted by atomic mass is 28.4. The molecule has 0 aliphatic rings. The Labute approximate surface area is 104 Å². The maximum atomic E-state index is 6.10. The van der Waals surface area contributed by atoms with Crippen LogP contribution >= 0.6 is 0 Å². The zero-order valence-corrected chi connectivity index (χ0v) is 14.4. The Kier molecular flexibility index (Phi) is 6.47. The second-order valence-corrected chi connectivity index (χ2v) is 15.5. The normalized spacial score (nSPS) is 13.9. The topological polar surface area (TPSA) is 18.5 Å². The summed E-state index contributed by atoms with van der Waals surface area (Å²) in [5.41, 5.74) is 1.19. The molecule has 0 bridgehead atoms. The van der Waals surface area contributed by atoms with Gasteiger partial charge in [0.2, 0.25) is 0 Å². The van der Waals surface area contributed by atoms with Crippen molar-refractivity contribution in [2.75, 3.05) is 6.61 Å². The molecule has 0 fully saturated rings. The molecule has 98 valence electrons. The van der Waals surface area contributed by atoms with Crippen LogP contribution < -0.4 is 0 Å². The Morgan fingerprint density at radius 2 is 1.38 bits per heavy atom. The van der Waals surface area contributed by atoms with Gasteiger partial charge in [-0.25, -0.2) is 0 Å². The zero-order valence-electron chi connectivity index (χ0n) is 12.4. The lowest BCUT2D eigenvalue weighted by atomic mass is 10.2. The van der Waals surface area contributed by atoms with E-state index >= 15 is 0 Å². The second kappa shape index (κ2) is 6.33. The van der Waals surface area contributed by atoms with E-state index in [9.17, 15) is 0 Å². The van der Waals surface area contributed by atoms with Gasteiger partial charge in [0, 0.05) is 12.7 Å². The van der Waals surface area contributed by atoms with Gasteiger partial charge in [0.05, 0.1) is 0 Å². The SMILES string of the molecule is CC(C)CO[Si](C)(C)C[Si](C)(C)OC(C)C. The summed E-state index contributed by atoms with van der Waals surface area (Å²) in [7, 11) is -3.07. The molecule has 0 saturated carbocycles. The zero-order chi connectivity index (χ0) is 13.0. The average Bonchev–Trinajstić information content (AvgIpc) is 1.95. The van der Waals surface area contributed by atoms with Crippen LogP contribution in [-0.4, -0.2) is 29.3 Å². The van der Waals surface area contributed by atoms with Crippen LogP contribution in [0.5, 0.6) is 0 Å². The van der Waals surface area contributed by atoms with Gasteiger partial charge >= 0.3 is 0 Å². The monoisotopic (exact) mass is 262 g/mol. The first-order valence-electron chi connectivity index (χ1n) is 6.36. The van der Waals surface area contributed by atoms with Gasteiger partial charge < -0.3 is 8.85 Å².